The molecule has 0 saturated carbocycles. The molecule has 2 aromatic carbocycles. The summed E-state index contributed by atoms with van der Waals surface area (Å²) in [5.41, 5.74) is 1.04. The van der Waals surface area contributed by atoms with Crippen molar-refractivity contribution in [3.8, 4) is 0 Å². The third-order valence-corrected chi connectivity index (χ3v) is 6.82. The van der Waals surface area contributed by atoms with Crippen LogP contribution in [0.2, 0.25) is 5.02 Å². The van der Waals surface area contributed by atoms with Crippen LogP contribution < -0.4 is 5.32 Å². The fourth-order valence-corrected chi connectivity index (χ4v) is 4.73. The van der Waals surface area contributed by atoms with Crippen LogP contribution in [0.15, 0.2) is 70.8 Å². The lowest BCUT2D eigenvalue weighted by Gasteiger charge is -2.21. The molecule has 1 aromatic heterocycles. The fourth-order valence-electron chi connectivity index (χ4n) is 3.40. The van der Waals surface area contributed by atoms with E-state index in [4.69, 9.17) is 11.6 Å². The Hall–Kier alpha value is -2.42. The van der Waals surface area contributed by atoms with Crippen molar-refractivity contribution in [1.82, 2.24) is 20.1 Å². The first-order chi connectivity index (χ1) is 16.3. The molecule has 9 heteroatoms. The van der Waals surface area contributed by atoms with Gasteiger partial charge in [-0.25, -0.2) is 0 Å². The number of hydrogen-bond acceptors (Lipinski definition) is 5. The number of rotatable bonds is 11. The van der Waals surface area contributed by atoms with Crippen LogP contribution in [0.3, 0.4) is 0 Å². The van der Waals surface area contributed by atoms with E-state index in [2.05, 4.69) is 51.9 Å². The van der Waals surface area contributed by atoms with Gasteiger partial charge in [-0.15, -0.1) is 16.8 Å². The second kappa shape index (κ2) is 12.3. The normalized spacial score (nSPS) is 11.9. The topological polar surface area (TPSA) is 76.9 Å². The SMILES string of the molecule is C=CCn1c(SCC(=O)c2ccc(Br)cc2)nnc1[C@@H](CC(C)C)NC(=O)c1ccccc1Cl. The van der Waals surface area contributed by atoms with Gasteiger partial charge in [0.1, 0.15) is 0 Å². The van der Waals surface area contributed by atoms with Gasteiger partial charge in [0, 0.05) is 16.6 Å². The molecule has 6 nitrogen and oxygen atoms in total. The molecule has 0 aliphatic heterocycles. The van der Waals surface area contributed by atoms with Crippen LogP contribution in [0.25, 0.3) is 0 Å². The third kappa shape index (κ3) is 6.81. The van der Waals surface area contributed by atoms with Crippen molar-refractivity contribution < 1.29 is 9.59 Å². The van der Waals surface area contributed by atoms with Gasteiger partial charge in [-0.05, 0) is 36.6 Å². The number of nitrogens with zero attached hydrogens (tertiary/aromatic N) is 3. The van der Waals surface area contributed by atoms with Crippen molar-refractivity contribution in [1.29, 1.82) is 0 Å². The van der Waals surface area contributed by atoms with Gasteiger partial charge in [0.05, 0.1) is 22.4 Å². The van der Waals surface area contributed by atoms with E-state index in [1.807, 2.05) is 16.7 Å². The van der Waals surface area contributed by atoms with Gasteiger partial charge >= 0.3 is 0 Å². The molecule has 178 valence electrons. The second-order valence-corrected chi connectivity index (χ2v) is 10.4. The molecule has 1 atom stereocenters. The number of halogens is 2. The Morgan fingerprint density at radius 2 is 1.88 bits per heavy atom. The summed E-state index contributed by atoms with van der Waals surface area (Å²) in [6, 6.07) is 13.8. The highest BCUT2D eigenvalue weighted by atomic mass is 79.9. The molecule has 0 spiro atoms. The minimum Gasteiger partial charge on any atom is -0.342 e. The van der Waals surface area contributed by atoms with Crippen LogP contribution in [0.1, 0.15) is 52.9 Å². The van der Waals surface area contributed by atoms with Crippen LogP contribution in [0.4, 0.5) is 0 Å². The predicted molar refractivity (Wildman–Crippen MR) is 141 cm³/mol. The molecule has 1 heterocycles. The first-order valence-corrected chi connectivity index (χ1v) is 13.0. The summed E-state index contributed by atoms with van der Waals surface area (Å²) in [5.74, 6) is 0.854. The van der Waals surface area contributed by atoms with Gasteiger partial charge in [-0.2, -0.15) is 0 Å². The van der Waals surface area contributed by atoms with Crippen LogP contribution in [-0.4, -0.2) is 32.2 Å². The van der Waals surface area contributed by atoms with Gasteiger partial charge in [0.15, 0.2) is 16.8 Å². The van der Waals surface area contributed by atoms with Gasteiger partial charge < -0.3 is 9.88 Å². The van der Waals surface area contributed by atoms with Crippen molar-refractivity contribution in [3.63, 3.8) is 0 Å². The number of amides is 1. The lowest BCUT2D eigenvalue weighted by Crippen LogP contribution is -2.32. The Morgan fingerprint density at radius 1 is 1.18 bits per heavy atom. The Balaban J connectivity index is 1.82. The summed E-state index contributed by atoms with van der Waals surface area (Å²) < 4.78 is 2.81. The largest absolute Gasteiger partial charge is 0.342 e. The minimum absolute atomic E-state index is 0.00189. The van der Waals surface area contributed by atoms with Crippen molar-refractivity contribution in [2.45, 2.75) is 38.0 Å². The minimum atomic E-state index is -0.382. The Bertz CT molecular complexity index is 1160. The number of allylic oxidation sites excluding steroid dienone is 1. The molecule has 0 bridgehead atoms. The van der Waals surface area contributed by atoms with Gasteiger partial charge in [0.25, 0.3) is 5.91 Å². The zero-order valence-corrected chi connectivity index (χ0v) is 22.2. The lowest BCUT2D eigenvalue weighted by atomic mass is 10.0. The average molecular weight is 562 g/mol. The van der Waals surface area contributed by atoms with Crippen LogP contribution in [-0.2, 0) is 6.54 Å². The molecule has 0 aliphatic carbocycles. The summed E-state index contributed by atoms with van der Waals surface area (Å²) >= 11 is 10.9. The quantitative estimate of drug-likeness (QED) is 0.167. The zero-order chi connectivity index (χ0) is 24.7. The zero-order valence-electron chi connectivity index (χ0n) is 19.0. The monoisotopic (exact) mass is 560 g/mol. The maximum absolute atomic E-state index is 13.0. The number of benzene rings is 2. The van der Waals surface area contributed by atoms with Crippen LogP contribution >= 0.6 is 39.3 Å². The summed E-state index contributed by atoms with van der Waals surface area (Å²) in [6.07, 6.45) is 2.41. The highest BCUT2D eigenvalue weighted by Gasteiger charge is 2.25. The molecule has 1 N–H and O–H groups in total. The highest BCUT2D eigenvalue weighted by Crippen LogP contribution is 2.27. The molecule has 0 aliphatic rings. The summed E-state index contributed by atoms with van der Waals surface area (Å²) in [6.45, 7) is 8.46. The molecular weight excluding hydrogens is 536 g/mol. The molecule has 34 heavy (non-hydrogen) atoms. The molecule has 0 unspecified atom stereocenters. The number of nitrogens with one attached hydrogen (secondary N) is 1. The predicted octanol–water partition coefficient (Wildman–Crippen LogP) is 6.37. The van der Waals surface area contributed by atoms with Crippen molar-refractivity contribution >= 4 is 51.0 Å². The number of thioether (sulfide) groups is 1. The van der Waals surface area contributed by atoms with E-state index < -0.39 is 0 Å². The number of aromatic nitrogens is 3. The standard InChI is InChI=1S/C25H26BrClN4O2S/c1-4-13-31-23(21(14-16(2)3)28-24(33)19-7-5-6-8-20(19)27)29-30-25(31)34-15-22(32)17-9-11-18(26)12-10-17/h4-12,16,21H,1,13-15H2,2-3H3,(H,28,33)/t21-/m1/s1. The van der Waals surface area contributed by atoms with Crippen molar-refractivity contribution in [2.75, 3.05) is 5.75 Å². The van der Waals surface area contributed by atoms with E-state index in [9.17, 15) is 9.59 Å². The van der Waals surface area contributed by atoms with E-state index in [0.29, 0.717) is 46.0 Å². The smallest absolute Gasteiger partial charge is 0.253 e. The number of ketones is 1. The van der Waals surface area contributed by atoms with E-state index in [0.717, 1.165) is 4.47 Å². The summed E-state index contributed by atoms with van der Waals surface area (Å²) in [4.78, 5) is 25.6. The number of Topliss-reactive ketones (excluding diaryl/α,β-unsaturated/α-hetero) is 1. The molecule has 3 rings (SSSR count). The number of hydrogen-bond donors (Lipinski definition) is 1. The molecule has 0 saturated heterocycles. The molecule has 0 fully saturated rings. The lowest BCUT2D eigenvalue weighted by molar-refractivity contribution is 0.0928. The molecule has 3 aromatic rings. The molecule has 0 radical (unpaired) electrons. The fraction of sp³-hybridized carbons (Fsp3) is 0.280. The van der Waals surface area contributed by atoms with E-state index in [1.165, 1.54) is 11.8 Å². The summed E-state index contributed by atoms with van der Waals surface area (Å²) in [7, 11) is 0. The molecular formula is C25H26BrClN4O2S. The molecule has 1 amide bonds. The van der Waals surface area contributed by atoms with E-state index >= 15 is 0 Å². The van der Waals surface area contributed by atoms with Gasteiger partial charge in [0.2, 0.25) is 0 Å². The Labute approximate surface area is 217 Å². The van der Waals surface area contributed by atoms with Crippen LogP contribution in [0.5, 0.6) is 0 Å². The van der Waals surface area contributed by atoms with E-state index in [-0.39, 0.29) is 23.5 Å². The average Bonchev–Trinajstić information content (AvgIpc) is 3.20. The van der Waals surface area contributed by atoms with Crippen molar-refractivity contribution in [3.05, 3.63) is 87.6 Å². The Morgan fingerprint density at radius 3 is 2.53 bits per heavy atom. The number of carbonyl (C=O) groups excluding carboxylic acids is 2. The van der Waals surface area contributed by atoms with Crippen LogP contribution in [0, 0.1) is 5.92 Å². The summed E-state index contributed by atoms with van der Waals surface area (Å²) in [5, 5.41) is 12.8. The van der Waals surface area contributed by atoms with Crippen molar-refractivity contribution in [2.24, 2.45) is 5.92 Å². The third-order valence-electron chi connectivity index (χ3n) is 5.00. The first-order valence-electron chi connectivity index (χ1n) is 10.8. The highest BCUT2D eigenvalue weighted by molar-refractivity contribution is 9.10. The maximum atomic E-state index is 13.0. The first kappa shape index (κ1) is 26.2. The number of carbonyl (C=O) groups is 2. The van der Waals surface area contributed by atoms with E-state index in [1.54, 1.807) is 42.5 Å². The maximum Gasteiger partial charge on any atom is 0.253 e. The van der Waals surface area contributed by atoms with Gasteiger partial charge in [-0.3, -0.25) is 9.59 Å². The second-order valence-electron chi connectivity index (χ2n) is 8.09. The Kier molecular flexibility index (Phi) is 9.50. The van der Waals surface area contributed by atoms with Gasteiger partial charge in [-0.1, -0.05) is 83.5 Å².